The van der Waals surface area contributed by atoms with Crippen LogP contribution in [0.15, 0.2) is 53.3 Å². The molecule has 0 spiro atoms. The van der Waals surface area contributed by atoms with Crippen LogP contribution in [0.3, 0.4) is 0 Å². The first-order valence-electron chi connectivity index (χ1n) is 12.5. The Morgan fingerprint density at radius 3 is 2.63 bits per heavy atom. The van der Waals surface area contributed by atoms with E-state index < -0.39 is 16.7 Å². The van der Waals surface area contributed by atoms with Crippen LogP contribution in [0.4, 0.5) is 16.0 Å². The lowest BCUT2D eigenvalue weighted by molar-refractivity contribution is -0.115. The van der Waals surface area contributed by atoms with Gasteiger partial charge < -0.3 is 9.42 Å². The molecule has 0 saturated heterocycles. The van der Waals surface area contributed by atoms with Crippen LogP contribution >= 0.6 is 0 Å². The van der Waals surface area contributed by atoms with Gasteiger partial charge in [-0.1, -0.05) is 30.3 Å². The number of hydrogen-bond donors (Lipinski definition) is 1. The van der Waals surface area contributed by atoms with E-state index in [-0.39, 0.29) is 23.8 Å². The number of anilines is 2. The van der Waals surface area contributed by atoms with Gasteiger partial charge in [-0.2, -0.15) is 4.98 Å². The van der Waals surface area contributed by atoms with Crippen molar-refractivity contribution in [1.29, 1.82) is 0 Å². The first-order valence-corrected chi connectivity index (χ1v) is 14.4. The maximum absolute atomic E-state index is 13.2. The predicted molar refractivity (Wildman–Crippen MR) is 142 cm³/mol. The molecule has 0 unspecified atom stereocenters. The Kier molecular flexibility index (Phi) is 8.82. The number of aryl methyl sites for hydroxylation is 1. The van der Waals surface area contributed by atoms with Crippen LogP contribution < -0.4 is 9.62 Å². The van der Waals surface area contributed by atoms with Crippen LogP contribution in [0.2, 0.25) is 0 Å². The molecular formula is C26H31FN6O4S. The molecule has 1 aromatic carbocycles. The average molecular weight is 543 g/mol. The van der Waals surface area contributed by atoms with Crippen LogP contribution in [-0.4, -0.2) is 53.9 Å². The molecule has 0 radical (unpaired) electrons. The Balaban J connectivity index is 1.42. The molecule has 1 amide bonds. The Morgan fingerprint density at radius 1 is 1.18 bits per heavy atom. The number of unbranched alkanes of at least 4 members (excludes halogenated alkanes) is 2. The first-order chi connectivity index (χ1) is 18.2. The lowest BCUT2D eigenvalue weighted by Crippen LogP contribution is -2.33. The van der Waals surface area contributed by atoms with E-state index in [9.17, 15) is 17.6 Å². The van der Waals surface area contributed by atoms with Crippen molar-refractivity contribution in [3.05, 3.63) is 60.5 Å². The van der Waals surface area contributed by atoms with Crippen LogP contribution in [0, 0.1) is 0 Å². The third kappa shape index (κ3) is 7.67. The summed E-state index contributed by atoms with van der Waals surface area (Å²) in [6.07, 6.45) is 9.31. The van der Waals surface area contributed by atoms with Gasteiger partial charge in [-0.05, 0) is 43.4 Å². The molecule has 3 aromatic rings. The van der Waals surface area contributed by atoms with E-state index in [1.165, 1.54) is 12.4 Å². The number of hydrogen-bond acceptors (Lipinski definition) is 8. The normalized spacial score (nSPS) is 13.3. The second kappa shape index (κ2) is 12.2. The summed E-state index contributed by atoms with van der Waals surface area (Å²) in [6, 6.07) is 7.27. The highest BCUT2D eigenvalue weighted by atomic mass is 32.2. The van der Waals surface area contributed by atoms with Crippen molar-refractivity contribution >= 4 is 27.6 Å². The smallest absolute Gasteiger partial charge is 0.253 e. The third-order valence-corrected chi connectivity index (χ3v) is 6.62. The summed E-state index contributed by atoms with van der Waals surface area (Å²) in [4.78, 5) is 27.3. The van der Waals surface area contributed by atoms with E-state index >= 15 is 0 Å². The van der Waals surface area contributed by atoms with Crippen LogP contribution in [0.25, 0.3) is 11.1 Å². The molecule has 1 saturated carbocycles. The highest BCUT2D eigenvalue weighted by Gasteiger charge is 2.28. The molecule has 202 valence electrons. The topological polar surface area (TPSA) is 131 Å². The summed E-state index contributed by atoms with van der Waals surface area (Å²) in [6.45, 7) is 3.55. The van der Waals surface area contributed by atoms with Gasteiger partial charge in [0.25, 0.3) is 5.91 Å². The highest BCUT2D eigenvalue weighted by molar-refractivity contribution is 7.91. The zero-order valence-electron chi connectivity index (χ0n) is 21.3. The maximum atomic E-state index is 13.2. The fraction of sp³-hybridized carbons (Fsp3) is 0.423. The molecule has 2 aromatic heterocycles. The van der Waals surface area contributed by atoms with Crippen molar-refractivity contribution in [2.45, 2.75) is 50.9 Å². The first kappa shape index (κ1) is 27.4. The summed E-state index contributed by atoms with van der Waals surface area (Å²) >= 11 is 0. The standard InChI is InChI=1S/C26H31FN6O4S/c1-18(12-13-27)25(34)33(14-5-3-4-9-23-30-24(31-37-23)19-10-11-19)22-8-6-7-20(15-22)21-16-28-26(29-17-21)32-38(2,35)36/h6-8,15-17,19H,1,3-5,9-14H2,2H3,(H,28,29,32). The third-order valence-electron chi connectivity index (χ3n) is 6.06. The fourth-order valence-electron chi connectivity index (χ4n) is 3.91. The number of benzene rings is 1. The molecule has 1 N–H and O–H groups in total. The van der Waals surface area contributed by atoms with E-state index in [2.05, 4.69) is 31.4 Å². The monoisotopic (exact) mass is 542 g/mol. The number of rotatable bonds is 14. The molecule has 0 atom stereocenters. The van der Waals surface area contributed by atoms with Crippen molar-refractivity contribution in [2.24, 2.45) is 0 Å². The lowest BCUT2D eigenvalue weighted by atomic mass is 10.1. The zero-order valence-corrected chi connectivity index (χ0v) is 22.1. The molecule has 2 heterocycles. The van der Waals surface area contributed by atoms with E-state index in [4.69, 9.17) is 4.52 Å². The van der Waals surface area contributed by atoms with Gasteiger partial charge in [0.1, 0.15) is 0 Å². The van der Waals surface area contributed by atoms with E-state index in [0.717, 1.165) is 49.7 Å². The summed E-state index contributed by atoms with van der Waals surface area (Å²) in [5.41, 5.74) is 2.23. The van der Waals surface area contributed by atoms with E-state index in [1.54, 1.807) is 11.0 Å². The average Bonchev–Trinajstić information content (AvgIpc) is 3.63. The molecule has 1 aliphatic rings. The Morgan fingerprint density at radius 2 is 1.95 bits per heavy atom. The summed E-state index contributed by atoms with van der Waals surface area (Å²) in [5, 5.41) is 4.04. The van der Waals surface area contributed by atoms with Crippen LogP contribution in [0.1, 0.15) is 56.2 Å². The van der Waals surface area contributed by atoms with Crippen molar-refractivity contribution in [1.82, 2.24) is 20.1 Å². The minimum atomic E-state index is -3.49. The summed E-state index contributed by atoms with van der Waals surface area (Å²) in [7, 11) is -3.49. The fourth-order valence-corrected chi connectivity index (χ4v) is 4.35. The number of nitrogens with zero attached hydrogens (tertiary/aromatic N) is 5. The number of nitrogens with one attached hydrogen (secondary N) is 1. The summed E-state index contributed by atoms with van der Waals surface area (Å²) in [5.74, 6) is 1.54. The van der Waals surface area contributed by atoms with Gasteiger partial charge >= 0.3 is 0 Å². The predicted octanol–water partition coefficient (Wildman–Crippen LogP) is 4.44. The second-order valence-corrected chi connectivity index (χ2v) is 11.1. The van der Waals surface area contributed by atoms with Crippen LogP contribution in [-0.2, 0) is 21.2 Å². The van der Waals surface area contributed by atoms with Gasteiger partial charge in [-0.15, -0.1) is 0 Å². The number of carbonyl (C=O) groups is 1. The number of carbonyl (C=O) groups excluding carboxylic acids is 1. The van der Waals surface area contributed by atoms with Gasteiger partial charge in [0.15, 0.2) is 5.82 Å². The van der Waals surface area contributed by atoms with Crippen molar-refractivity contribution < 1.29 is 22.1 Å². The minimum Gasteiger partial charge on any atom is -0.339 e. The Labute approximate surface area is 221 Å². The number of alkyl halides is 1. The van der Waals surface area contributed by atoms with Gasteiger partial charge in [-0.25, -0.2) is 18.4 Å². The Hall–Kier alpha value is -3.67. The Bertz CT molecular complexity index is 1370. The minimum absolute atomic E-state index is 0.0296. The van der Waals surface area contributed by atoms with E-state index in [1.807, 2.05) is 18.2 Å². The molecule has 0 bridgehead atoms. The zero-order chi connectivity index (χ0) is 27.1. The highest BCUT2D eigenvalue weighted by Crippen LogP contribution is 2.38. The number of halogens is 1. The van der Waals surface area contributed by atoms with Crippen LogP contribution in [0.5, 0.6) is 0 Å². The number of aromatic nitrogens is 4. The molecule has 1 fully saturated rings. The van der Waals surface area contributed by atoms with Gasteiger partial charge in [-0.3, -0.25) is 13.9 Å². The molecule has 4 rings (SSSR count). The van der Waals surface area contributed by atoms with Gasteiger partial charge in [0, 0.05) is 54.5 Å². The molecular weight excluding hydrogens is 511 g/mol. The number of amides is 1. The molecule has 10 nitrogen and oxygen atoms in total. The van der Waals surface area contributed by atoms with Crippen molar-refractivity contribution in [2.75, 3.05) is 29.1 Å². The molecule has 38 heavy (non-hydrogen) atoms. The molecule has 1 aliphatic carbocycles. The second-order valence-electron chi connectivity index (χ2n) is 9.35. The molecule has 12 heteroatoms. The van der Waals surface area contributed by atoms with Gasteiger partial charge in [0.05, 0.1) is 12.9 Å². The number of sulfonamides is 1. The van der Waals surface area contributed by atoms with Gasteiger partial charge in [0.2, 0.25) is 21.9 Å². The summed E-state index contributed by atoms with van der Waals surface area (Å²) < 4.78 is 43.3. The molecule has 0 aliphatic heterocycles. The van der Waals surface area contributed by atoms with Crippen molar-refractivity contribution in [3.63, 3.8) is 0 Å². The quantitative estimate of drug-likeness (QED) is 0.234. The maximum Gasteiger partial charge on any atom is 0.253 e. The van der Waals surface area contributed by atoms with E-state index in [0.29, 0.717) is 36.0 Å². The SMILES string of the molecule is C=C(CCF)C(=O)N(CCCCCc1nc(C2CC2)no1)c1cccc(-c2cnc(NS(C)(=O)=O)nc2)c1. The largest absolute Gasteiger partial charge is 0.339 e. The lowest BCUT2D eigenvalue weighted by Gasteiger charge is -2.24. The van der Waals surface area contributed by atoms with Crippen molar-refractivity contribution in [3.8, 4) is 11.1 Å².